The van der Waals surface area contributed by atoms with Gasteiger partial charge in [0.15, 0.2) is 0 Å². The number of nitro benzene ring substituents is 1. The van der Waals surface area contributed by atoms with Crippen molar-refractivity contribution in [1.82, 2.24) is 0 Å². The zero-order valence-corrected chi connectivity index (χ0v) is 15.9. The van der Waals surface area contributed by atoms with E-state index in [0.717, 1.165) is 0 Å². The Labute approximate surface area is 138 Å². The quantitative estimate of drug-likeness (QED) is 0.234. The first-order valence-electron chi connectivity index (χ1n) is 4.94. The van der Waals surface area contributed by atoms with Crippen LogP contribution in [0.5, 0.6) is 5.75 Å². The summed E-state index contributed by atoms with van der Waals surface area (Å²) in [6, 6.07) is 4.38. The number of rotatable bonds is 3. The molecule has 4 nitrogen and oxygen atoms in total. The number of hydrogen-bond donors (Lipinski definition) is 0. The van der Waals surface area contributed by atoms with Crippen LogP contribution in [0.4, 0.5) is 5.69 Å². The van der Waals surface area contributed by atoms with Gasteiger partial charge in [0, 0.05) is 10.7 Å². The summed E-state index contributed by atoms with van der Waals surface area (Å²) in [5, 5.41) is 10.4. The molecule has 1 aromatic rings. The molecule has 10 heteroatoms. The van der Waals surface area contributed by atoms with Gasteiger partial charge >= 0.3 is 57.1 Å². The summed E-state index contributed by atoms with van der Waals surface area (Å²) >= 11 is 0. The normalized spacial score (nSPS) is 12.9. The van der Waals surface area contributed by atoms with Crippen LogP contribution in [0.15, 0.2) is 18.2 Å². The van der Waals surface area contributed by atoms with Gasteiger partial charge in [-0.1, -0.05) is 12.1 Å². The summed E-state index contributed by atoms with van der Waals surface area (Å²) in [7, 11) is 21.0. The van der Waals surface area contributed by atoms with Crippen LogP contribution in [0, 0.1) is 17.0 Å². The molecule has 0 fully saturated rings. The second-order valence-electron chi connectivity index (χ2n) is 3.72. The minimum atomic E-state index is -4.11. The van der Waals surface area contributed by atoms with E-state index in [1.165, 1.54) is 12.1 Å². The molecule has 0 atom stereocenters. The summed E-state index contributed by atoms with van der Waals surface area (Å²) in [5.41, 5.74) is 0.569. The Hall–Kier alpha value is 0.363. The van der Waals surface area contributed by atoms with Gasteiger partial charge in [0.25, 0.3) is 0 Å². The van der Waals surface area contributed by atoms with Gasteiger partial charge < -0.3 is 4.74 Å². The number of nitrogens with zero attached hydrogens (tertiary/aromatic N) is 1. The van der Waals surface area contributed by atoms with Crippen LogP contribution in [0.25, 0.3) is 0 Å². The van der Waals surface area contributed by atoms with Gasteiger partial charge in [0.1, 0.15) is 0 Å². The van der Waals surface area contributed by atoms with Gasteiger partial charge in [-0.2, -0.15) is 6.92 Å². The molecule has 0 aliphatic heterocycles. The minimum absolute atomic E-state index is 0.0334. The molecule has 0 radical (unpaired) electrons. The third kappa shape index (κ3) is 12.1. The van der Waals surface area contributed by atoms with Crippen LogP contribution >= 0.6 is 48.5 Å². The average Bonchev–Trinajstić information content (AvgIpc) is 2.16. The predicted octanol–water partition coefficient (Wildman–Crippen LogP) is 6.01. The summed E-state index contributed by atoms with van der Waals surface area (Å²) in [5.74, 6) is 0.589. The molecule has 0 bridgehead atoms. The molecule has 0 heterocycles. The Kier molecular flexibility index (Phi) is 7.71. The fourth-order valence-electron chi connectivity index (χ4n) is 1.05. The van der Waals surface area contributed by atoms with E-state index in [0.29, 0.717) is 11.3 Å². The van der Waals surface area contributed by atoms with E-state index in [-0.39, 0.29) is 11.8 Å². The van der Waals surface area contributed by atoms with Crippen LogP contribution in [0.1, 0.15) is 19.4 Å². The van der Waals surface area contributed by atoms with Gasteiger partial charge in [-0.15, -0.1) is 5.56 Å². The first-order chi connectivity index (χ1) is 8.74. The summed E-state index contributed by atoms with van der Waals surface area (Å²) in [4.78, 5) is 9.97. The van der Waals surface area contributed by atoms with Crippen molar-refractivity contribution in [3.63, 3.8) is 0 Å². The van der Waals surface area contributed by atoms with Crippen molar-refractivity contribution in [2.24, 2.45) is 0 Å². The second kappa shape index (κ2) is 7.57. The molecule has 0 spiro atoms. The first kappa shape index (κ1) is 20.4. The molecule has 0 unspecified atom stereocenters. The predicted molar refractivity (Wildman–Crippen MR) is 82.6 cm³/mol. The van der Waals surface area contributed by atoms with Crippen molar-refractivity contribution >= 4 is 54.1 Å². The molecule has 0 aliphatic rings. The molecule has 0 N–H and O–H groups in total. The molecular weight excluding hydrogens is 460 g/mol. The van der Waals surface area contributed by atoms with Crippen LogP contribution in [0.2, 0.25) is 0 Å². The van der Waals surface area contributed by atoms with Crippen LogP contribution in [-0.4, -0.2) is 11.0 Å². The van der Waals surface area contributed by atoms with E-state index in [2.05, 4.69) is 6.92 Å². The third-order valence-corrected chi connectivity index (χ3v) is 1.62. The van der Waals surface area contributed by atoms with Gasteiger partial charge in [-0.25, -0.2) is 0 Å². The van der Waals surface area contributed by atoms with E-state index >= 15 is 0 Å². The fraction of sp³-hybridized carbons (Fsp3) is 0.300. The average molecular weight is 473 g/mol. The molecule has 1 rings (SSSR count). The van der Waals surface area contributed by atoms with E-state index in [4.69, 9.17) is 53.2 Å². The van der Waals surface area contributed by atoms with E-state index in [1.54, 1.807) is 6.07 Å². The number of halogens is 5. The van der Waals surface area contributed by atoms with Gasteiger partial charge in [-0.3, -0.25) is 10.1 Å². The van der Waals surface area contributed by atoms with E-state index in [9.17, 15) is 10.1 Å². The van der Waals surface area contributed by atoms with Crippen molar-refractivity contribution in [1.29, 1.82) is 0 Å². The zero-order valence-electron chi connectivity index (χ0n) is 10.4. The topological polar surface area (TPSA) is 52.4 Å². The Balaban J connectivity index is 0.000000511. The molecule has 0 saturated heterocycles. The van der Waals surface area contributed by atoms with Crippen molar-refractivity contribution < 1.29 is 18.3 Å². The zero-order chi connectivity index (χ0) is 16.2. The van der Waals surface area contributed by atoms with Crippen molar-refractivity contribution in [2.75, 3.05) is 0 Å². The third-order valence-electron chi connectivity index (χ3n) is 1.62. The molecule has 119 valence electrons. The monoisotopic (exact) mass is 471 g/mol. The number of benzene rings is 1. The second-order valence-corrected chi connectivity index (χ2v) is 30.1. The Morgan fingerprint density at radius 3 is 2.00 bits per heavy atom. The maximum atomic E-state index is 10.4. The summed E-state index contributed by atoms with van der Waals surface area (Å²) in [6.45, 7) is 7.47. The summed E-state index contributed by atoms with van der Waals surface area (Å²) in [6.07, 6.45) is 0.0388. The van der Waals surface area contributed by atoms with E-state index < -0.39 is 13.6 Å². The van der Waals surface area contributed by atoms with Crippen molar-refractivity contribution in [3.8, 4) is 5.75 Å². The molecule has 20 heavy (non-hydrogen) atoms. The van der Waals surface area contributed by atoms with Gasteiger partial charge in [0.05, 0.1) is 6.10 Å². The summed E-state index contributed by atoms with van der Waals surface area (Å²) < 4.78 is 5.39. The maximum absolute atomic E-state index is 10.4. The van der Waals surface area contributed by atoms with Crippen LogP contribution in [0.3, 0.4) is 0 Å². The molecule has 0 saturated carbocycles. The Morgan fingerprint density at radius 2 is 1.70 bits per heavy atom. The molecule has 0 aliphatic carbocycles. The fourth-order valence-corrected chi connectivity index (χ4v) is 1.05. The molecule has 1 aromatic carbocycles. The standard InChI is InChI=1S/C10H12NO3.5ClH.Ru/c1-7(2)14-10-5-4-9(11(12)13)6-8(10)3;;;;;;/h4-7H,3H2,1-2H3;5*1H;/q-1;;;;;;+5/p-5. The first-order valence-corrected chi connectivity index (χ1v) is 16.1. The van der Waals surface area contributed by atoms with Crippen molar-refractivity contribution in [2.45, 2.75) is 20.0 Å². The number of non-ortho nitro benzene ring substituents is 1. The van der Waals surface area contributed by atoms with Gasteiger partial charge in [-0.05, 0) is 19.9 Å². The Morgan fingerprint density at radius 1 is 1.25 bits per heavy atom. The number of hydrogen-bond acceptors (Lipinski definition) is 3. The SMILES string of the molecule is [CH2-]c1cc([N+](=O)[O-])ccc1OC(C)C.[Cl][Ru]([Cl])([Cl])([Cl])[Cl]. The molecule has 0 amide bonds. The molecular formula is C10H12Cl5NO3Ru-. The number of nitro groups is 1. The Bertz CT molecular complexity index is 471. The van der Waals surface area contributed by atoms with Gasteiger partial charge in [0.2, 0.25) is 5.69 Å². The van der Waals surface area contributed by atoms with Crippen LogP contribution in [-0.2, 0) is 8.65 Å². The molecule has 0 aromatic heterocycles. The number of ether oxygens (including phenoxy) is 1. The van der Waals surface area contributed by atoms with Crippen LogP contribution < -0.4 is 4.74 Å². The van der Waals surface area contributed by atoms with E-state index in [1.807, 2.05) is 13.8 Å². The van der Waals surface area contributed by atoms with Crippen molar-refractivity contribution in [3.05, 3.63) is 40.8 Å².